The van der Waals surface area contributed by atoms with Crippen LogP contribution in [0.4, 0.5) is 0 Å². The number of rotatable bonds is 5. The maximum atomic E-state index is 13.3. The number of furan rings is 1. The summed E-state index contributed by atoms with van der Waals surface area (Å²) in [5.41, 5.74) is 1.52. The maximum absolute atomic E-state index is 13.3. The molecule has 1 aromatic carbocycles. The molecule has 0 saturated carbocycles. The molecule has 1 saturated heterocycles. The molecule has 0 spiro atoms. The number of hydrogen-bond donors (Lipinski definition) is 1. The van der Waals surface area contributed by atoms with E-state index in [1.54, 1.807) is 12.3 Å². The van der Waals surface area contributed by atoms with Gasteiger partial charge in [-0.3, -0.25) is 14.3 Å². The molecular formula is C22H28N4O2. The SMILES string of the molecule is CCC(c1nc2occc2c(=O)n1Cc1ccccc1)N1CCCNCCC1. The molecule has 0 aliphatic carbocycles. The van der Waals surface area contributed by atoms with Gasteiger partial charge in [-0.2, -0.15) is 4.98 Å². The second kappa shape index (κ2) is 8.71. The lowest BCUT2D eigenvalue weighted by atomic mass is 10.1. The third-order valence-corrected chi connectivity index (χ3v) is 5.52. The molecule has 1 unspecified atom stereocenters. The van der Waals surface area contributed by atoms with Crippen molar-refractivity contribution < 1.29 is 4.42 Å². The van der Waals surface area contributed by atoms with Crippen LogP contribution in [0.25, 0.3) is 11.1 Å². The lowest BCUT2D eigenvalue weighted by Gasteiger charge is -2.33. The molecule has 1 aliphatic rings. The van der Waals surface area contributed by atoms with Gasteiger partial charge >= 0.3 is 0 Å². The van der Waals surface area contributed by atoms with Crippen LogP contribution in [0.2, 0.25) is 0 Å². The fraction of sp³-hybridized carbons (Fsp3) is 0.455. The second-order valence-corrected chi connectivity index (χ2v) is 7.40. The molecule has 0 radical (unpaired) electrons. The minimum atomic E-state index is -0.0234. The van der Waals surface area contributed by atoms with Gasteiger partial charge in [0.1, 0.15) is 11.2 Å². The number of fused-ring (bicyclic) bond motifs is 1. The van der Waals surface area contributed by atoms with Crippen LogP contribution in [0, 0.1) is 0 Å². The molecule has 0 amide bonds. The zero-order valence-electron chi connectivity index (χ0n) is 16.4. The van der Waals surface area contributed by atoms with E-state index in [1.807, 2.05) is 22.8 Å². The molecule has 6 nitrogen and oxygen atoms in total. The predicted molar refractivity (Wildman–Crippen MR) is 111 cm³/mol. The average Bonchev–Trinajstić information content (AvgIpc) is 3.16. The van der Waals surface area contributed by atoms with Crippen molar-refractivity contribution in [3.63, 3.8) is 0 Å². The van der Waals surface area contributed by atoms with Crippen LogP contribution in [-0.4, -0.2) is 40.6 Å². The van der Waals surface area contributed by atoms with Gasteiger partial charge in [-0.25, -0.2) is 0 Å². The second-order valence-electron chi connectivity index (χ2n) is 7.40. The summed E-state index contributed by atoms with van der Waals surface area (Å²) in [6, 6.07) is 11.9. The van der Waals surface area contributed by atoms with Gasteiger partial charge in [0.15, 0.2) is 0 Å². The topological polar surface area (TPSA) is 63.3 Å². The van der Waals surface area contributed by atoms with E-state index in [0.29, 0.717) is 17.6 Å². The minimum Gasteiger partial charge on any atom is -0.446 e. The van der Waals surface area contributed by atoms with Crippen molar-refractivity contribution >= 4 is 11.1 Å². The molecule has 28 heavy (non-hydrogen) atoms. The molecule has 1 atom stereocenters. The number of aromatic nitrogens is 2. The normalized spacial score (nSPS) is 17.3. The van der Waals surface area contributed by atoms with E-state index in [1.165, 1.54) is 0 Å². The van der Waals surface area contributed by atoms with Crippen LogP contribution >= 0.6 is 0 Å². The molecule has 2 aromatic heterocycles. The fourth-order valence-electron chi connectivity index (χ4n) is 4.10. The quantitative estimate of drug-likeness (QED) is 0.737. The summed E-state index contributed by atoms with van der Waals surface area (Å²) in [7, 11) is 0. The third-order valence-electron chi connectivity index (χ3n) is 5.52. The van der Waals surface area contributed by atoms with Crippen LogP contribution in [-0.2, 0) is 6.54 Å². The highest BCUT2D eigenvalue weighted by Crippen LogP contribution is 2.25. The molecule has 148 valence electrons. The molecule has 4 rings (SSSR count). The Hall–Kier alpha value is -2.44. The van der Waals surface area contributed by atoms with E-state index < -0.39 is 0 Å². The van der Waals surface area contributed by atoms with E-state index in [-0.39, 0.29) is 11.6 Å². The Balaban J connectivity index is 1.78. The number of nitrogens with one attached hydrogen (secondary N) is 1. The van der Waals surface area contributed by atoms with E-state index >= 15 is 0 Å². The molecule has 1 aliphatic heterocycles. The van der Waals surface area contributed by atoms with E-state index in [2.05, 4.69) is 29.3 Å². The first-order valence-electron chi connectivity index (χ1n) is 10.2. The van der Waals surface area contributed by atoms with Gasteiger partial charge in [0, 0.05) is 13.1 Å². The highest BCUT2D eigenvalue weighted by molar-refractivity contribution is 5.71. The first kappa shape index (κ1) is 18.9. The van der Waals surface area contributed by atoms with Gasteiger partial charge in [0.2, 0.25) is 5.71 Å². The first-order valence-corrected chi connectivity index (χ1v) is 10.2. The van der Waals surface area contributed by atoms with Crippen molar-refractivity contribution in [2.24, 2.45) is 0 Å². The summed E-state index contributed by atoms with van der Waals surface area (Å²) in [5, 5.41) is 4.01. The van der Waals surface area contributed by atoms with Crippen molar-refractivity contribution in [1.29, 1.82) is 0 Å². The summed E-state index contributed by atoms with van der Waals surface area (Å²) in [6.07, 6.45) is 4.66. The minimum absolute atomic E-state index is 0.0234. The molecule has 3 heterocycles. The van der Waals surface area contributed by atoms with Crippen molar-refractivity contribution in [2.45, 2.75) is 38.8 Å². The monoisotopic (exact) mass is 380 g/mol. The number of nitrogens with zero attached hydrogens (tertiary/aromatic N) is 3. The zero-order valence-corrected chi connectivity index (χ0v) is 16.4. The first-order chi connectivity index (χ1) is 13.8. The highest BCUT2D eigenvalue weighted by Gasteiger charge is 2.26. The molecule has 1 N–H and O–H groups in total. The van der Waals surface area contributed by atoms with Gasteiger partial charge < -0.3 is 9.73 Å². The van der Waals surface area contributed by atoms with E-state index in [0.717, 1.165) is 56.8 Å². The lowest BCUT2D eigenvalue weighted by Crippen LogP contribution is -2.39. The number of benzene rings is 1. The van der Waals surface area contributed by atoms with Crippen molar-refractivity contribution in [1.82, 2.24) is 19.8 Å². The summed E-state index contributed by atoms with van der Waals surface area (Å²) in [6.45, 7) is 6.77. The summed E-state index contributed by atoms with van der Waals surface area (Å²) in [4.78, 5) is 20.6. The number of hydrogen-bond acceptors (Lipinski definition) is 5. The Bertz CT molecular complexity index is 956. The van der Waals surface area contributed by atoms with Gasteiger partial charge in [-0.15, -0.1) is 0 Å². The molecular weight excluding hydrogens is 352 g/mol. The van der Waals surface area contributed by atoms with E-state index in [9.17, 15) is 4.79 Å². The Kier molecular flexibility index (Phi) is 5.88. The molecule has 1 fully saturated rings. The molecule has 0 bridgehead atoms. The fourth-order valence-corrected chi connectivity index (χ4v) is 4.10. The van der Waals surface area contributed by atoms with Crippen molar-refractivity contribution in [2.75, 3.05) is 26.2 Å². The van der Waals surface area contributed by atoms with Crippen LogP contribution in [0.5, 0.6) is 0 Å². The van der Waals surface area contributed by atoms with Crippen LogP contribution in [0.3, 0.4) is 0 Å². The van der Waals surface area contributed by atoms with Crippen LogP contribution in [0.15, 0.2) is 51.9 Å². The Morgan fingerprint density at radius 1 is 1.14 bits per heavy atom. The Morgan fingerprint density at radius 3 is 2.61 bits per heavy atom. The molecule has 6 heteroatoms. The van der Waals surface area contributed by atoms with Crippen LogP contribution < -0.4 is 10.9 Å². The summed E-state index contributed by atoms with van der Waals surface area (Å²) in [5.74, 6) is 0.812. The van der Waals surface area contributed by atoms with Gasteiger partial charge in [-0.1, -0.05) is 37.3 Å². The predicted octanol–water partition coefficient (Wildman–Crippen LogP) is 3.17. The van der Waals surface area contributed by atoms with Gasteiger partial charge in [0.25, 0.3) is 5.56 Å². The lowest BCUT2D eigenvalue weighted by molar-refractivity contribution is 0.167. The molecule has 3 aromatic rings. The Labute approximate surface area is 165 Å². The van der Waals surface area contributed by atoms with Crippen molar-refractivity contribution in [3.8, 4) is 0 Å². The average molecular weight is 380 g/mol. The van der Waals surface area contributed by atoms with E-state index in [4.69, 9.17) is 9.40 Å². The largest absolute Gasteiger partial charge is 0.446 e. The zero-order chi connectivity index (χ0) is 19.3. The highest BCUT2D eigenvalue weighted by atomic mass is 16.3. The summed E-state index contributed by atoms with van der Waals surface area (Å²) >= 11 is 0. The van der Waals surface area contributed by atoms with Crippen molar-refractivity contribution in [3.05, 3.63) is 64.4 Å². The standard InChI is InChI=1S/C22H28N4O2/c1-2-19(25-13-6-11-23-12-7-14-25)20-24-21-18(10-15-28-21)22(27)26(20)16-17-8-4-3-5-9-17/h3-5,8-10,15,19,23H,2,6-7,11-14,16H2,1H3. The third kappa shape index (κ3) is 3.88. The summed E-state index contributed by atoms with van der Waals surface area (Å²) < 4.78 is 7.36. The van der Waals surface area contributed by atoms with Crippen LogP contribution in [0.1, 0.15) is 43.6 Å². The van der Waals surface area contributed by atoms with Gasteiger partial charge in [0.05, 0.1) is 18.8 Å². The Morgan fingerprint density at radius 2 is 1.89 bits per heavy atom. The van der Waals surface area contributed by atoms with Gasteiger partial charge in [-0.05, 0) is 44.0 Å². The smallest absolute Gasteiger partial charge is 0.265 e. The maximum Gasteiger partial charge on any atom is 0.265 e.